The van der Waals surface area contributed by atoms with E-state index in [2.05, 4.69) is 26.8 Å². The quantitative estimate of drug-likeness (QED) is 0.560. The number of carbonyl (C=O) groups excluding carboxylic acids is 1. The van der Waals surface area contributed by atoms with E-state index in [9.17, 15) is 4.79 Å². The zero-order chi connectivity index (χ0) is 16.4. The number of fused-ring (bicyclic) bond motifs is 5. The largest absolute Gasteiger partial charge is 0.300 e. The van der Waals surface area contributed by atoms with Crippen LogP contribution in [0.2, 0.25) is 0 Å². The maximum absolute atomic E-state index is 12.2. The molecule has 0 spiro atoms. The van der Waals surface area contributed by atoms with Crippen molar-refractivity contribution in [2.45, 2.75) is 79.1 Å². The summed E-state index contributed by atoms with van der Waals surface area (Å²) in [6.07, 6.45) is 13.2. The van der Waals surface area contributed by atoms with Crippen molar-refractivity contribution in [2.75, 3.05) is 0 Å². The lowest BCUT2D eigenvalue weighted by Gasteiger charge is -2.58. The third kappa shape index (κ3) is 2.14. The van der Waals surface area contributed by atoms with Gasteiger partial charge in [-0.25, -0.2) is 0 Å². The molecule has 0 aliphatic heterocycles. The van der Waals surface area contributed by atoms with Gasteiger partial charge in [0.05, 0.1) is 0 Å². The molecule has 0 saturated heterocycles. The molecule has 1 heteroatoms. The van der Waals surface area contributed by atoms with E-state index in [1.54, 1.807) is 5.57 Å². The summed E-state index contributed by atoms with van der Waals surface area (Å²) in [6.45, 7) is 9.34. The van der Waals surface area contributed by atoms with Crippen LogP contribution in [0.3, 0.4) is 0 Å². The molecule has 0 aromatic heterocycles. The van der Waals surface area contributed by atoms with Crippen LogP contribution in [0.1, 0.15) is 79.1 Å². The Kier molecular flexibility index (Phi) is 3.60. The Morgan fingerprint density at radius 2 is 1.91 bits per heavy atom. The molecule has 0 bridgehead atoms. The Labute approximate surface area is 142 Å². The number of hydrogen-bond acceptors (Lipinski definition) is 1. The maximum atomic E-state index is 12.2. The molecule has 23 heavy (non-hydrogen) atoms. The van der Waals surface area contributed by atoms with Crippen molar-refractivity contribution >= 4 is 5.78 Å². The molecule has 3 fully saturated rings. The fourth-order valence-electron chi connectivity index (χ4n) is 7.72. The van der Waals surface area contributed by atoms with Gasteiger partial charge in [-0.1, -0.05) is 32.4 Å². The highest BCUT2D eigenvalue weighted by Gasteiger charge is 2.59. The first kappa shape index (κ1) is 15.9. The molecule has 128 valence electrons. The van der Waals surface area contributed by atoms with Crippen LogP contribution in [-0.4, -0.2) is 5.78 Å². The smallest absolute Gasteiger partial charge is 0.133 e. The predicted molar refractivity (Wildman–Crippen MR) is 95.0 cm³/mol. The molecule has 4 aliphatic rings. The third-order valence-corrected chi connectivity index (χ3v) is 8.80. The molecule has 1 unspecified atom stereocenters. The van der Waals surface area contributed by atoms with Crippen LogP contribution in [0.5, 0.6) is 0 Å². The van der Waals surface area contributed by atoms with E-state index in [4.69, 9.17) is 0 Å². The summed E-state index contributed by atoms with van der Waals surface area (Å²) in [5, 5.41) is 0. The van der Waals surface area contributed by atoms with Gasteiger partial charge in [0.2, 0.25) is 0 Å². The average molecular weight is 315 g/mol. The first-order valence-electron chi connectivity index (χ1n) is 10.1. The normalized spacial score (nSPS) is 52.2. The van der Waals surface area contributed by atoms with Gasteiger partial charge >= 0.3 is 0 Å². The Morgan fingerprint density at radius 1 is 1.13 bits per heavy atom. The zero-order valence-corrected chi connectivity index (χ0v) is 15.5. The van der Waals surface area contributed by atoms with E-state index in [-0.39, 0.29) is 0 Å². The van der Waals surface area contributed by atoms with Gasteiger partial charge in [-0.3, -0.25) is 4.79 Å². The molecule has 0 aromatic rings. The van der Waals surface area contributed by atoms with Crippen molar-refractivity contribution in [3.8, 4) is 0 Å². The van der Waals surface area contributed by atoms with Gasteiger partial charge in [-0.2, -0.15) is 0 Å². The second kappa shape index (κ2) is 5.20. The highest BCUT2D eigenvalue weighted by atomic mass is 16.1. The number of rotatable bonds is 1. The summed E-state index contributed by atoms with van der Waals surface area (Å²) < 4.78 is 0. The van der Waals surface area contributed by atoms with Gasteiger partial charge in [0.15, 0.2) is 0 Å². The van der Waals surface area contributed by atoms with Crippen LogP contribution in [0.4, 0.5) is 0 Å². The number of hydrogen-bond donors (Lipinski definition) is 0. The Bertz CT molecular complexity index is 546. The minimum atomic E-state index is 0.301. The van der Waals surface area contributed by atoms with E-state index in [0.29, 0.717) is 22.5 Å². The van der Waals surface area contributed by atoms with E-state index in [1.807, 2.05) is 6.92 Å². The molecule has 0 amide bonds. The van der Waals surface area contributed by atoms with Crippen LogP contribution in [-0.2, 0) is 4.79 Å². The van der Waals surface area contributed by atoms with E-state index in [1.165, 1.54) is 44.9 Å². The van der Waals surface area contributed by atoms with Crippen molar-refractivity contribution < 1.29 is 4.79 Å². The third-order valence-electron chi connectivity index (χ3n) is 8.80. The topological polar surface area (TPSA) is 17.1 Å². The maximum Gasteiger partial charge on any atom is 0.133 e. The second-order valence-corrected chi connectivity index (χ2v) is 9.89. The van der Waals surface area contributed by atoms with Crippen LogP contribution < -0.4 is 0 Å². The molecule has 0 heterocycles. The van der Waals surface area contributed by atoms with Gasteiger partial charge in [-0.15, -0.1) is 0 Å². The number of Topliss-reactive ketones (excluding diaryl/α,β-unsaturated/α-hetero) is 1. The molecule has 1 nitrogen and oxygen atoms in total. The molecule has 0 aromatic carbocycles. The minimum Gasteiger partial charge on any atom is -0.300 e. The van der Waals surface area contributed by atoms with Crippen LogP contribution >= 0.6 is 0 Å². The lowest BCUT2D eigenvalue weighted by atomic mass is 9.46. The number of allylic oxidation sites excluding steroid dienone is 2. The highest BCUT2D eigenvalue weighted by Crippen LogP contribution is 2.66. The summed E-state index contributed by atoms with van der Waals surface area (Å²) in [5.41, 5.74) is 2.56. The van der Waals surface area contributed by atoms with Crippen LogP contribution in [0.15, 0.2) is 11.6 Å². The summed E-state index contributed by atoms with van der Waals surface area (Å²) in [6, 6.07) is 0. The fraction of sp³-hybridized carbons (Fsp3) is 0.864. The second-order valence-electron chi connectivity index (χ2n) is 9.89. The van der Waals surface area contributed by atoms with Crippen molar-refractivity contribution in [3.63, 3.8) is 0 Å². The summed E-state index contributed by atoms with van der Waals surface area (Å²) >= 11 is 0. The summed E-state index contributed by atoms with van der Waals surface area (Å²) in [4.78, 5) is 12.2. The highest BCUT2D eigenvalue weighted by molar-refractivity contribution is 5.79. The van der Waals surface area contributed by atoms with Crippen molar-refractivity contribution in [1.82, 2.24) is 0 Å². The molecule has 4 aliphatic carbocycles. The lowest BCUT2D eigenvalue weighted by Crippen LogP contribution is -2.50. The summed E-state index contributed by atoms with van der Waals surface area (Å²) in [5.74, 6) is 4.21. The summed E-state index contributed by atoms with van der Waals surface area (Å²) in [7, 11) is 0. The van der Waals surface area contributed by atoms with Gasteiger partial charge in [0.1, 0.15) is 5.78 Å². The van der Waals surface area contributed by atoms with Crippen molar-refractivity contribution in [2.24, 2.45) is 40.4 Å². The monoisotopic (exact) mass is 314 g/mol. The zero-order valence-electron chi connectivity index (χ0n) is 15.5. The number of ketones is 1. The fourth-order valence-corrected chi connectivity index (χ4v) is 7.72. The van der Waals surface area contributed by atoms with Crippen molar-refractivity contribution in [3.05, 3.63) is 11.6 Å². The standard InChI is InChI=1S/C22H34O/c1-14-5-6-16-7-8-17-19-10-9-18(15(2)23)21(19,3)12-11-20(17)22(16,4)13-14/h7,14,17-20H,5-6,8-13H2,1-4H3/t14?,17-,18+,19-,20-,21+,22-/m0/s1. The molecule has 3 saturated carbocycles. The average Bonchev–Trinajstić information content (AvgIpc) is 2.83. The molecule has 7 atom stereocenters. The van der Waals surface area contributed by atoms with E-state index >= 15 is 0 Å². The van der Waals surface area contributed by atoms with Crippen LogP contribution in [0.25, 0.3) is 0 Å². The molecular weight excluding hydrogens is 280 g/mol. The lowest BCUT2D eigenvalue weighted by molar-refractivity contribution is -0.127. The van der Waals surface area contributed by atoms with Gasteiger partial charge in [0.25, 0.3) is 0 Å². The predicted octanol–water partition coefficient (Wildman–Crippen LogP) is 5.79. The molecular formula is C22H34O. The van der Waals surface area contributed by atoms with E-state index < -0.39 is 0 Å². The Hall–Kier alpha value is -0.590. The van der Waals surface area contributed by atoms with E-state index in [0.717, 1.165) is 30.1 Å². The number of carbonyl (C=O) groups is 1. The Morgan fingerprint density at radius 3 is 2.65 bits per heavy atom. The van der Waals surface area contributed by atoms with Crippen LogP contribution in [0, 0.1) is 40.4 Å². The first-order valence-corrected chi connectivity index (χ1v) is 10.1. The molecule has 4 rings (SSSR count). The first-order chi connectivity index (χ1) is 10.9. The van der Waals surface area contributed by atoms with Gasteiger partial charge in [-0.05, 0) is 92.8 Å². The van der Waals surface area contributed by atoms with Crippen molar-refractivity contribution in [1.29, 1.82) is 0 Å². The molecule has 0 radical (unpaired) electrons. The SMILES string of the molecule is CC(=O)[C@H]1CC[C@H]2[C@@H]3CC=C4CCC(C)C[C@]4(C)[C@H]3CC[C@]12C. The van der Waals surface area contributed by atoms with Gasteiger partial charge < -0.3 is 0 Å². The minimum absolute atomic E-state index is 0.301. The van der Waals surface area contributed by atoms with Gasteiger partial charge in [0, 0.05) is 5.92 Å². The molecule has 0 N–H and O–H groups in total. The Balaban J connectivity index is 1.67.